The minimum Gasteiger partial charge on any atom is -0.383 e. The third-order valence-electron chi connectivity index (χ3n) is 2.72. The molecule has 0 unspecified atom stereocenters. The normalized spacial score (nSPS) is 10.3. The molecule has 20 heavy (non-hydrogen) atoms. The molecule has 0 aliphatic heterocycles. The van der Waals surface area contributed by atoms with E-state index in [1.54, 1.807) is 7.11 Å². The summed E-state index contributed by atoms with van der Waals surface area (Å²) in [5.41, 5.74) is 2.17. The van der Waals surface area contributed by atoms with E-state index < -0.39 is 0 Å². The van der Waals surface area contributed by atoms with E-state index in [9.17, 15) is 0 Å². The average molecular weight is 337 g/mol. The molecule has 2 aromatic rings. The summed E-state index contributed by atoms with van der Waals surface area (Å²) in [5.74, 6) is 1.52. The minimum atomic E-state index is 0.637. The Labute approximate surface area is 126 Å². The van der Waals surface area contributed by atoms with Crippen molar-refractivity contribution in [3.8, 4) is 0 Å². The first-order valence-electron chi connectivity index (χ1n) is 6.27. The number of rotatable bonds is 6. The highest BCUT2D eigenvalue weighted by molar-refractivity contribution is 9.10. The first kappa shape index (κ1) is 14.7. The zero-order chi connectivity index (χ0) is 14.4. The summed E-state index contributed by atoms with van der Waals surface area (Å²) < 4.78 is 6.05. The standard InChI is InChI=1S/C14H17BrN4O/c1-10-3-4-11(7-12(10)15)19-14-8-13(17-9-18-14)16-5-6-20-2/h3-4,7-9H,5-6H2,1-2H3,(H2,16,17,18,19). The third-order valence-corrected chi connectivity index (χ3v) is 3.58. The summed E-state index contributed by atoms with van der Waals surface area (Å²) in [7, 11) is 1.67. The Morgan fingerprint density at radius 1 is 1.20 bits per heavy atom. The van der Waals surface area contributed by atoms with Crippen molar-refractivity contribution in [2.75, 3.05) is 30.9 Å². The molecule has 106 valence electrons. The van der Waals surface area contributed by atoms with Crippen LogP contribution in [0.5, 0.6) is 0 Å². The second kappa shape index (κ2) is 7.21. The van der Waals surface area contributed by atoms with Crippen LogP contribution >= 0.6 is 15.9 Å². The molecule has 0 aliphatic rings. The van der Waals surface area contributed by atoms with Gasteiger partial charge in [0.05, 0.1) is 6.61 Å². The van der Waals surface area contributed by atoms with Crippen LogP contribution in [0.25, 0.3) is 0 Å². The fourth-order valence-electron chi connectivity index (χ4n) is 1.62. The number of halogens is 1. The summed E-state index contributed by atoms with van der Waals surface area (Å²) in [4.78, 5) is 8.36. The van der Waals surface area contributed by atoms with E-state index >= 15 is 0 Å². The van der Waals surface area contributed by atoms with Crippen LogP contribution in [-0.2, 0) is 4.74 Å². The Balaban J connectivity index is 2.05. The summed E-state index contributed by atoms with van der Waals surface area (Å²) in [6, 6.07) is 7.95. The van der Waals surface area contributed by atoms with Gasteiger partial charge in [0.25, 0.3) is 0 Å². The van der Waals surface area contributed by atoms with Crippen molar-refractivity contribution in [3.05, 3.63) is 40.6 Å². The zero-order valence-corrected chi connectivity index (χ0v) is 13.1. The molecule has 2 N–H and O–H groups in total. The Bertz CT molecular complexity index is 577. The highest BCUT2D eigenvalue weighted by atomic mass is 79.9. The Morgan fingerprint density at radius 3 is 2.75 bits per heavy atom. The predicted molar refractivity (Wildman–Crippen MR) is 84.6 cm³/mol. The number of benzene rings is 1. The maximum Gasteiger partial charge on any atom is 0.135 e. The lowest BCUT2D eigenvalue weighted by Crippen LogP contribution is -2.09. The number of aromatic nitrogens is 2. The number of aryl methyl sites for hydroxylation is 1. The van der Waals surface area contributed by atoms with Crippen LogP contribution < -0.4 is 10.6 Å². The molecular weight excluding hydrogens is 320 g/mol. The van der Waals surface area contributed by atoms with Gasteiger partial charge in [-0.1, -0.05) is 22.0 Å². The van der Waals surface area contributed by atoms with Gasteiger partial charge in [0.1, 0.15) is 18.0 Å². The van der Waals surface area contributed by atoms with E-state index in [1.807, 2.05) is 24.3 Å². The lowest BCUT2D eigenvalue weighted by atomic mass is 10.2. The van der Waals surface area contributed by atoms with Crippen molar-refractivity contribution < 1.29 is 4.74 Å². The Morgan fingerprint density at radius 2 is 2.00 bits per heavy atom. The molecule has 0 fully saturated rings. The number of ether oxygens (including phenoxy) is 1. The second-order valence-electron chi connectivity index (χ2n) is 4.30. The van der Waals surface area contributed by atoms with Gasteiger partial charge in [-0.2, -0.15) is 0 Å². The molecule has 0 saturated heterocycles. The van der Waals surface area contributed by atoms with Crippen LogP contribution in [0.15, 0.2) is 35.1 Å². The van der Waals surface area contributed by atoms with Crippen molar-refractivity contribution in [2.24, 2.45) is 0 Å². The summed E-state index contributed by atoms with van der Waals surface area (Å²) in [6.45, 7) is 3.40. The maximum absolute atomic E-state index is 4.99. The fourth-order valence-corrected chi connectivity index (χ4v) is 2.00. The molecule has 6 heteroatoms. The van der Waals surface area contributed by atoms with Crippen molar-refractivity contribution in [1.82, 2.24) is 9.97 Å². The van der Waals surface area contributed by atoms with Crippen molar-refractivity contribution >= 4 is 33.3 Å². The third kappa shape index (κ3) is 4.18. The number of nitrogens with one attached hydrogen (secondary N) is 2. The zero-order valence-electron chi connectivity index (χ0n) is 11.5. The molecule has 0 bridgehead atoms. The quantitative estimate of drug-likeness (QED) is 0.792. The van der Waals surface area contributed by atoms with Crippen LogP contribution in [0.4, 0.5) is 17.3 Å². The van der Waals surface area contributed by atoms with Gasteiger partial charge in [0, 0.05) is 29.9 Å². The average Bonchev–Trinajstić information content (AvgIpc) is 2.44. The van der Waals surface area contributed by atoms with Crippen LogP contribution in [0.1, 0.15) is 5.56 Å². The fraction of sp³-hybridized carbons (Fsp3) is 0.286. The van der Waals surface area contributed by atoms with Gasteiger partial charge in [-0.15, -0.1) is 0 Å². The number of hydrogen-bond donors (Lipinski definition) is 2. The monoisotopic (exact) mass is 336 g/mol. The van der Waals surface area contributed by atoms with E-state index in [1.165, 1.54) is 11.9 Å². The molecular formula is C14H17BrN4O. The van der Waals surface area contributed by atoms with Crippen LogP contribution in [0.3, 0.4) is 0 Å². The largest absolute Gasteiger partial charge is 0.383 e. The lowest BCUT2D eigenvalue weighted by Gasteiger charge is -2.09. The molecule has 1 heterocycles. The maximum atomic E-state index is 4.99. The minimum absolute atomic E-state index is 0.637. The predicted octanol–water partition coefficient (Wildman–Crippen LogP) is 3.35. The molecule has 1 aromatic carbocycles. The van der Waals surface area contributed by atoms with Crippen LogP contribution in [0.2, 0.25) is 0 Å². The van der Waals surface area contributed by atoms with E-state index in [0.29, 0.717) is 13.2 Å². The van der Waals surface area contributed by atoms with Gasteiger partial charge in [-0.25, -0.2) is 9.97 Å². The molecule has 0 radical (unpaired) electrons. The molecule has 0 saturated carbocycles. The number of methoxy groups -OCH3 is 1. The molecule has 0 spiro atoms. The molecule has 5 nitrogen and oxygen atoms in total. The van der Waals surface area contributed by atoms with Crippen molar-refractivity contribution in [1.29, 1.82) is 0 Å². The summed E-state index contributed by atoms with van der Waals surface area (Å²) in [5, 5.41) is 6.42. The molecule has 1 aromatic heterocycles. The van der Waals surface area contributed by atoms with Gasteiger partial charge < -0.3 is 15.4 Å². The van der Waals surface area contributed by atoms with Gasteiger partial charge in [-0.3, -0.25) is 0 Å². The van der Waals surface area contributed by atoms with Crippen molar-refractivity contribution in [3.63, 3.8) is 0 Å². The van der Waals surface area contributed by atoms with Gasteiger partial charge in [0.2, 0.25) is 0 Å². The van der Waals surface area contributed by atoms with E-state index in [0.717, 1.165) is 21.8 Å². The molecule has 0 atom stereocenters. The van der Waals surface area contributed by atoms with Crippen LogP contribution in [0, 0.1) is 6.92 Å². The molecule has 0 amide bonds. The number of hydrogen-bond acceptors (Lipinski definition) is 5. The SMILES string of the molecule is COCCNc1cc(Nc2ccc(C)c(Br)c2)ncn1. The summed E-state index contributed by atoms with van der Waals surface area (Å²) in [6.07, 6.45) is 1.53. The highest BCUT2D eigenvalue weighted by Crippen LogP contribution is 2.23. The van der Waals surface area contributed by atoms with Gasteiger partial charge in [-0.05, 0) is 24.6 Å². The number of anilines is 3. The Hall–Kier alpha value is -1.66. The molecule has 2 rings (SSSR count). The highest BCUT2D eigenvalue weighted by Gasteiger charge is 2.01. The topological polar surface area (TPSA) is 59.1 Å². The summed E-state index contributed by atoms with van der Waals surface area (Å²) >= 11 is 3.52. The number of nitrogens with zero attached hydrogens (tertiary/aromatic N) is 2. The van der Waals surface area contributed by atoms with E-state index in [-0.39, 0.29) is 0 Å². The Kier molecular flexibility index (Phi) is 5.31. The lowest BCUT2D eigenvalue weighted by molar-refractivity contribution is 0.210. The molecule has 0 aliphatic carbocycles. The van der Waals surface area contributed by atoms with Crippen LogP contribution in [-0.4, -0.2) is 30.2 Å². The second-order valence-corrected chi connectivity index (χ2v) is 5.15. The van der Waals surface area contributed by atoms with E-state index in [4.69, 9.17) is 4.74 Å². The van der Waals surface area contributed by atoms with Gasteiger partial charge >= 0.3 is 0 Å². The van der Waals surface area contributed by atoms with E-state index in [2.05, 4.69) is 43.5 Å². The smallest absolute Gasteiger partial charge is 0.135 e. The first-order valence-corrected chi connectivity index (χ1v) is 7.06. The van der Waals surface area contributed by atoms with Crippen molar-refractivity contribution in [2.45, 2.75) is 6.92 Å². The van der Waals surface area contributed by atoms with Gasteiger partial charge in [0.15, 0.2) is 0 Å². The first-order chi connectivity index (χ1) is 9.69.